The molecule has 1 aliphatic rings. The topological polar surface area (TPSA) is 37.4 Å². The van der Waals surface area contributed by atoms with E-state index < -0.39 is 15.9 Å². The van der Waals surface area contributed by atoms with Crippen LogP contribution >= 0.6 is 0 Å². The molecule has 0 radical (unpaired) electrons. The van der Waals surface area contributed by atoms with Crippen LogP contribution in [-0.2, 0) is 15.9 Å². The van der Waals surface area contributed by atoms with Crippen molar-refractivity contribution >= 4 is 10.0 Å². The number of nitrogens with zero attached hydrogens (tertiary/aromatic N) is 1. The van der Waals surface area contributed by atoms with Gasteiger partial charge in [0.25, 0.3) is 5.92 Å². The van der Waals surface area contributed by atoms with E-state index in [0.29, 0.717) is 13.1 Å². The number of rotatable bonds is 3. The highest BCUT2D eigenvalue weighted by molar-refractivity contribution is 7.89. The van der Waals surface area contributed by atoms with Crippen molar-refractivity contribution in [2.75, 3.05) is 13.1 Å². The molecule has 1 aromatic rings. The third-order valence-corrected chi connectivity index (χ3v) is 5.19. The Bertz CT molecular complexity index is 546. The van der Waals surface area contributed by atoms with Crippen LogP contribution in [0.25, 0.3) is 0 Å². The summed E-state index contributed by atoms with van der Waals surface area (Å²) < 4.78 is 52.6. The number of hydrogen-bond acceptors (Lipinski definition) is 2. The molecule has 1 heterocycles. The molecule has 1 aromatic carbocycles. The Balaban J connectivity index is 2.35. The van der Waals surface area contributed by atoms with Crippen LogP contribution in [0.3, 0.4) is 0 Å². The summed E-state index contributed by atoms with van der Waals surface area (Å²) in [6.45, 7) is 1.70. The summed E-state index contributed by atoms with van der Waals surface area (Å²) in [4.78, 5) is -0.0478. The summed E-state index contributed by atoms with van der Waals surface area (Å²) in [5.74, 6) is -3.03. The summed E-state index contributed by atoms with van der Waals surface area (Å²) in [7, 11) is -3.64. The molecule has 0 atom stereocenters. The zero-order valence-electron chi connectivity index (χ0n) is 10.8. The summed E-state index contributed by atoms with van der Waals surface area (Å²) in [6, 6.07) is 5.06. The van der Waals surface area contributed by atoms with E-state index >= 15 is 0 Å². The summed E-state index contributed by atoms with van der Waals surface area (Å²) in [5, 5.41) is 0. The van der Waals surface area contributed by atoms with E-state index in [2.05, 4.69) is 0 Å². The molecule has 1 saturated heterocycles. The van der Waals surface area contributed by atoms with Crippen LogP contribution in [0.2, 0.25) is 0 Å². The molecule has 19 heavy (non-hydrogen) atoms. The normalized spacial score (nSPS) is 18.5. The Morgan fingerprint density at radius 3 is 2.37 bits per heavy atom. The Kier molecular flexibility index (Phi) is 3.92. The van der Waals surface area contributed by atoms with Crippen molar-refractivity contribution in [1.82, 2.24) is 4.31 Å². The largest absolute Gasteiger partial charge is 0.270 e. The van der Waals surface area contributed by atoms with Gasteiger partial charge >= 0.3 is 0 Å². The van der Waals surface area contributed by atoms with Crippen LogP contribution in [0, 0.1) is 0 Å². The number of benzene rings is 1. The van der Waals surface area contributed by atoms with Gasteiger partial charge in [-0.05, 0) is 25.0 Å². The van der Waals surface area contributed by atoms with E-state index in [1.165, 1.54) is 22.5 Å². The number of alkyl halides is 2. The molecular formula is C13H17F2NO2S. The molecule has 0 amide bonds. The fraction of sp³-hybridized carbons (Fsp3) is 0.538. The number of sulfonamides is 1. The molecule has 106 valence electrons. The lowest BCUT2D eigenvalue weighted by Crippen LogP contribution is -2.35. The molecule has 1 fully saturated rings. The van der Waals surface area contributed by atoms with Crippen LogP contribution in [0.15, 0.2) is 29.2 Å². The second-order valence-corrected chi connectivity index (χ2v) is 6.82. The molecular weight excluding hydrogens is 272 g/mol. The van der Waals surface area contributed by atoms with Gasteiger partial charge in [0, 0.05) is 25.6 Å². The maximum atomic E-state index is 13.3. The smallest absolute Gasteiger partial charge is 0.207 e. The summed E-state index contributed by atoms with van der Waals surface area (Å²) >= 11 is 0. The molecule has 0 aliphatic carbocycles. The molecule has 2 rings (SSSR count). The van der Waals surface area contributed by atoms with Crippen molar-refractivity contribution in [2.45, 2.75) is 37.0 Å². The minimum Gasteiger partial charge on any atom is -0.207 e. The average molecular weight is 289 g/mol. The van der Waals surface area contributed by atoms with E-state index in [-0.39, 0.29) is 10.5 Å². The zero-order valence-corrected chi connectivity index (χ0v) is 11.6. The van der Waals surface area contributed by atoms with Crippen molar-refractivity contribution < 1.29 is 17.2 Å². The third-order valence-electron chi connectivity index (χ3n) is 3.29. The first-order chi connectivity index (χ1) is 8.82. The van der Waals surface area contributed by atoms with E-state index in [4.69, 9.17) is 0 Å². The average Bonchev–Trinajstić information content (AvgIpc) is 2.39. The molecule has 6 heteroatoms. The number of halogens is 2. The van der Waals surface area contributed by atoms with Crippen LogP contribution in [0.5, 0.6) is 0 Å². The van der Waals surface area contributed by atoms with Crippen LogP contribution in [0.4, 0.5) is 8.78 Å². The Morgan fingerprint density at radius 1 is 1.16 bits per heavy atom. The van der Waals surface area contributed by atoms with Gasteiger partial charge in [-0.1, -0.05) is 18.6 Å². The lowest BCUT2D eigenvalue weighted by molar-refractivity contribution is 0.0172. The van der Waals surface area contributed by atoms with Crippen molar-refractivity contribution in [1.29, 1.82) is 0 Å². The monoisotopic (exact) mass is 289 g/mol. The fourth-order valence-corrected chi connectivity index (χ4v) is 3.75. The molecule has 0 aromatic heterocycles. The van der Waals surface area contributed by atoms with Gasteiger partial charge in [0.15, 0.2) is 0 Å². The van der Waals surface area contributed by atoms with Crippen LogP contribution in [0.1, 0.15) is 31.7 Å². The molecule has 3 nitrogen and oxygen atoms in total. The van der Waals surface area contributed by atoms with E-state index in [0.717, 1.165) is 32.3 Å². The highest BCUT2D eigenvalue weighted by Crippen LogP contribution is 2.29. The van der Waals surface area contributed by atoms with Gasteiger partial charge in [0.05, 0.1) is 4.90 Å². The number of piperidine rings is 1. The summed E-state index contributed by atoms with van der Waals surface area (Å²) in [6.07, 6.45) is 2.66. The minimum atomic E-state index is -3.64. The molecule has 0 bridgehead atoms. The maximum absolute atomic E-state index is 13.3. The van der Waals surface area contributed by atoms with Gasteiger partial charge < -0.3 is 0 Å². The standard InChI is InChI=1S/C13H17F2NO2S/c1-13(14,15)11-6-5-7-12(10-11)19(17,18)16-8-3-2-4-9-16/h5-7,10H,2-4,8-9H2,1H3. The fourth-order valence-electron chi connectivity index (χ4n) is 2.18. The van der Waals surface area contributed by atoms with Crippen LogP contribution < -0.4 is 0 Å². The zero-order chi connectivity index (χ0) is 14.1. The van der Waals surface area contributed by atoms with Crippen molar-refractivity contribution in [3.05, 3.63) is 29.8 Å². The predicted octanol–water partition coefficient (Wildman–Crippen LogP) is 2.97. The third kappa shape index (κ3) is 3.12. The molecule has 0 unspecified atom stereocenters. The van der Waals surface area contributed by atoms with Gasteiger partial charge in [0.1, 0.15) is 0 Å². The molecule has 0 saturated carbocycles. The van der Waals surface area contributed by atoms with Gasteiger partial charge in [-0.2, -0.15) is 4.31 Å². The van der Waals surface area contributed by atoms with Crippen molar-refractivity contribution in [2.24, 2.45) is 0 Å². The van der Waals surface area contributed by atoms with Crippen LogP contribution in [-0.4, -0.2) is 25.8 Å². The quantitative estimate of drug-likeness (QED) is 0.858. The first-order valence-corrected chi connectivity index (χ1v) is 7.74. The Morgan fingerprint density at radius 2 is 1.79 bits per heavy atom. The number of hydrogen-bond donors (Lipinski definition) is 0. The highest BCUT2D eigenvalue weighted by Gasteiger charge is 2.29. The lowest BCUT2D eigenvalue weighted by atomic mass is 10.1. The van der Waals surface area contributed by atoms with Gasteiger partial charge in [0.2, 0.25) is 10.0 Å². The second kappa shape index (κ2) is 5.17. The maximum Gasteiger partial charge on any atom is 0.270 e. The highest BCUT2D eigenvalue weighted by atomic mass is 32.2. The van der Waals surface area contributed by atoms with Gasteiger partial charge in [-0.15, -0.1) is 0 Å². The van der Waals surface area contributed by atoms with Gasteiger partial charge in [-0.3, -0.25) is 0 Å². The van der Waals surface area contributed by atoms with E-state index in [9.17, 15) is 17.2 Å². The molecule has 0 N–H and O–H groups in total. The predicted molar refractivity (Wildman–Crippen MR) is 68.6 cm³/mol. The lowest BCUT2D eigenvalue weighted by Gasteiger charge is -2.26. The summed E-state index contributed by atoms with van der Waals surface area (Å²) in [5.41, 5.74) is -0.273. The molecule has 1 aliphatic heterocycles. The van der Waals surface area contributed by atoms with E-state index in [1.807, 2.05) is 0 Å². The Labute approximate surface area is 112 Å². The first-order valence-electron chi connectivity index (χ1n) is 6.30. The van der Waals surface area contributed by atoms with Crippen molar-refractivity contribution in [3.63, 3.8) is 0 Å². The van der Waals surface area contributed by atoms with E-state index in [1.54, 1.807) is 0 Å². The second-order valence-electron chi connectivity index (χ2n) is 4.88. The first kappa shape index (κ1) is 14.4. The van der Waals surface area contributed by atoms with Gasteiger partial charge in [-0.25, -0.2) is 17.2 Å². The molecule has 0 spiro atoms. The minimum absolute atomic E-state index is 0.0478. The van der Waals surface area contributed by atoms with Crippen molar-refractivity contribution in [3.8, 4) is 0 Å². The Hall–Kier alpha value is -1.01. The SMILES string of the molecule is CC(F)(F)c1cccc(S(=O)(=O)N2CCCCC2)c1.